The molecule has 10 rings (SSSR count). The fourth-order valence-corrected chi connectivity index (χ4v) is 10.3. The molecule has 0 amide bonds. The zero-order chi connectivity index (χ0) is 49.7. The van der Waals surface area contributed by atoms with Crippen molar-refractivity contribution in [2.24, 2.45) is 0 Å². The van der Waals surface area contributed by atoms with E-state index < -0.39 is 11.9 Å². The van der Waals surface area contributed by atoms with Gasteiger partial charge in [0.2, 0.25) is 0 Å². The van der Waals surface area contributed by atoms with Gasteiger partial charge >= 0.3 is 25.7 Å². The van der Waals surface area contributed by atoms with Gasteiger partial charge in [0.1, 0.15) is 60.5 Å². The Kier molecular flexibility index (Phi) is 18.4. The van der Waals surface area contributed by atoms with Crippen LogP contribution in [0.25, 0.3) is 70.6 Å². The molecule has 72 heavy (non-hydrogen) atoms. The molecule has 370 valence electrons. The van der Waals surface area contributed by atoms with E-state index in [0.717, 1.165) is 39.1 Å². The average Bonchev–Trinajstić information content (AvgIpc) is 4.23. The minimum absolute atomic E-state index is 0. The Morgan fingerprint density at radius 2 is 1.43 bits per heavy atom. The Bertz CT molecular complexity index is 3180. The molecule has 2 aliphatic rings. The molecule has 0 saturated heterocycles. The summed E-state index contributed by atoms with van der Waals surface area (Å²) < 4.78 is 71.9. The van der Waals surface area contributed by atoms with Crippen molar-refractivity contribution in [2.75, 3.05) is 26.4 Å². The van der Waals surface area contributed by atoms with Crippen LogP contribution in [0.1, 0.15) is 43.9 Å². The first-order valence-corrected chi connectivity index (χ1v) is 24.4. The van der Waals surface area contributed by atoms with Gasteiger partial charge in [0.25, 0.3) is 12.9 Å². The van der Waals surface area contributed by atoms with Crippen LogP contribution in [-0.2, 0) is 41.7 Å². The summed E-state index contributed by atoms with van der Waals surface area (Å²) in [6.07, 6.45) is 5.71. The molecule has 25 heteroatoms. The number of hydrogen-bond donors (Lipinski definition) is 0. The van der Waals surface area contributed by atoms with E-state index in [9.17, 15) is 22.8 Å². The van der Waals surface area contributed by atoms with Crippen LogP contribution in [0.5, 0.6) is 34.5 Å². The predicted molar refractivity (Wildman–Crippen MR) is 261 cm³/mol. The number of fused-ring (bicyclic) bond motifs is 2. The maximum absolute atomic E-state index is 12.7. The Hall–Kier alpha value is -6.88. The quantitative estimate of drug-likeness (QED) is 0.0307. The normalized spacial score (nSPS) is 12.2. The van der Waals surface area contributed by atoms with Crippen molar-refractivity contribution >= 4 is 64.3 Å². The van der Waals surface area contributed by atoms with Crippen molar-refractivity contribution in [1.82, 2.24) is 40.1 Å². The van der Waals surface area contributed by atoms with Crippen molar-refractivity contribution in [3.05, 3.63) is 94.7 Å². The molecule has 0 aliphatic carbocycles. The Morgan fingerprint density at radius 3 is 2.18 bits per heavy atom. The van der Waals surface area contributed by atoms with Crippen molar-refractivity contribution in [3.63, 3.8) is 0 Å². The number of isothiocyanates is 1. The van der Waals surface area contributed by atoms with Gasteiger partial charge < -0.3 is 44.0 Å². The van der Waals surface area contributed by atoms with E-state index in [-0.39, 0.29) is 48.2 Å². The average molecular weight is 1140 g/mol. The summed E-state index contributed by atoms with van der Waals surface area (Å²) in [6.45, 7) is 4.51. The van der Waals surface area contributed by atoms with Crippen molar-refractivity contribution in [2.45, 2.75) is 45.2 Å². The SMILES string of the molecule is CCCCCCc1ccsc1-c1ccnc(-c2cc(C(F)(F)F)n[n-]2)c1.O=COc1ccnc(-c2cc(OC=O)cc(-c3ncnc(-c4sc(-c5scc6c5OCCO6)c5c4OCCO5)n3)n2)c1.[N-]=C=S.[Ru+2]. The van der Waals surface area contributed by atoms with Gasteiger partial charge in [0.05, 0.1) is 26.8 Å². The summed E-state index contributed by atoms with van der Waals surface area (Å²) in [5, 5.41) is 19.3. The topological polar surface area (TPSA) is 216 Å². The third-order valence-corrected chi connectivity index (χ3v) is 13.5. The number of pyridine rings is 3. The van der Waals surface area contributed by atoms with E-state index in [2.05, 4.69) is 70.7 Å². The minimum atomic E-state index is -4.50. The summed E-state index contributed by atoms with van der Waals surface area (Å²) in [6, 6.07) is 12.8. The number of carbonyl (C=O) groups excluding carboxylic acids is 2. The van der Waals surface area contributed by atoms with E-state index >= 15 is 0 Å². The number of hydrogen-bond acceptors (Lipinski definition) is 19. The second-order valence-corrected chi connectivity index (χ2v) is 17.8. The van der Waals surface area contributed by atoms with Crippen molar-refractivity contribution in [3.8, 4) is 99.7 Å². The summed E-state index contributed by atoms with van der Waals surface area (Å²) in [5.74, 6) is 3.49. The Morgan fingerprint density at radius 1 is 0.750 bits per heavy atom. The molecule has 0 unspecified atom stereocenters. The second-order valence-electron chi connectivity index (χ2n) is 14.8. The molecule has 0 spiro atoms. The van der Waals surface area contributed by atoms with Crippen LogP contribution in [0.15, 0.2) is 78.0 Å². The van der Waals surface area contributed by atoms with E-state index in [1.807, 2.05) is 11.4 Å². The molecular formula is C47H36F3N9O8RuS4. The van der Waals surface area contributed by atoms with Crippen LogP contribution in [0, 0.1) is 0 Å². The number of alkyl halides is 3. The number of halogens is 3. The maximum atomic E-state index is 12.7. The fraction of sp³-hybridized carbons (Fsp3) is 0.234. The van der Waals surface area contributed by atoms with Crippen LogP contribution in [-0.4, -0.2) is 79.5 Å². The van der Waals surface area contributed by atoms with Gasteiger partial charge in [-0.15, -0.1) is 34.0 Å². The zero-order valence-corrected chi connectivity index (χ0v) is 42.4. The number of thiophene rings is 3. The van der Waals surface area contributed by atoms with Gasteiger partial charge in [-0.1, -0.05) is 44.1 Å². The molecule has 10 heterocycles. The summed E-state index contributed by atoms with van der Waals surface area (Å²) >= 11 is 8.24. The number of ether oxygens (including phenoxy) is 6. The van der Waals surface area contributed by atoms with E-state index in [4.69, 9.17) is 33.8 Å². The maximum Gasteiger partial charge on any atom is 2.00 e. The summed E-state index contributed by atoms with van der Waals surface area (Å²) in [5.41, 5.74) is 2.76. The third kappa shape index (κ3) is 12.6. The molecule has 0 bridgehead atoms. The molecule has 0 saturated carbocycles. The van der Waals surface area contributed by atoms with Gasteiger partial charge in [-0.05, 0) is 59.7 Å². The summed E-state index contributed by atoms with van der Waals surface area (Å²) in [4.78, 5) is 52.0. The van der Waals surface area contributed by atoms with Crippen molar-refractivity contribution in [1.29, 1.82) is 0 Å². The van der Waals surface area contributed by atoms with Gasteiger partial charge in [0, 0.05) is 40.8 Å². The van der Waals surface area contributed by atoms with E-state index in [1.54, 1.807) is 23.6 Å². The number of aryl methyl sites for hydroxylation is 1. The van der Waals surface area contributed by atoms with Gasteiger partial charge in [-0.3, -0.25) is 19.6 Å². The molecule has 0 N–H and O–H groups in total. The number of aromatic nitrogens is 8. The fourth-order valence-electron chi connectivity index (χ4n) is 7.15. The number of thiocarbonyl (C=S) groups is 1. The van der Waals surface area contributed by atoms with Crippen LogP contribution in [0.4, 0.5) is 13.2 Å². The monoisotopic (exact) mass is 1140 g/mol. The number of unbranched alkanes of at least 4 members (excludes halogenated alkanes) is 3. The first-order chi connectivity index (χ1) is 34.6. The number of nitrogens with zero attached hydrogens (tertiary/aromatic N) is 9. The number of rotatable bonds is 15. The van der Waals surface area contributed by atoms with Gasteiger partial charge in [-0.2, -0.15) is 18.3 Å². The van der Waals surface area contributed by atoms with Crippen LogP contribution >= 0.6 is 46.2 Å². The molecule has 0 atom stereocenters. The molecule has 0 aromatic carbocycles. The standard InChI is InChI=1S/C27H17N5O8S2.C19H19F3N3S.CNS.Ru/c33-12-39-14-1-2-28-16(7-14)17-8-15(40-13-34)9-18(31-17)26-29-11-30-27(32-26)25-22-21(37-5-6-38-22)24(42-25)23-20-19(10-41-23)35-3-4-36-20;1-2-3-4-5-6-13-8-10-26-18(13)14-7-9-23-15(11-14)16-12-17(25-24-16)19(20,21)22;2-1-3;/h1-2,7-13H,3-6H2;7-12H,2-6H2,1H3;;/q;2*-1;+2. The van der Waals surface area contributed by atoms with Crippen LogP contribution < -0.4 is 33.5 Å². The Balaban J connectivity index is 0.000000218. The molecule has 0 radical (unpaired) electrons. The number of carbonyl (C=O) groups is 2. The van der Waals surface area contributed by atoms with Gasteiger partial charge in [0.15, 0.2) is 34.6 Å². The largest absolute Gasteiger partial charge is 2.00 e. The zero-order valence-electron chi connectivity index (χ0n) is 37.4. The predicted octanol–water partition coefficient (Wildman–Crippen LogP) is 10.7. The van der Waals surface area contributed by atoms with Crippen molar-refractivity contribution < 1.29 is 70.7 Å². The van der Waals surface area contributed by atoms with Gasteiger partial charge in [-0.25, -0.2) is 19.9 Å². The smallest absolute Gasteiger partial charge is 0.753 e. The molecule has 8 aromatic heterocycles. The third-order valence-electron chi connectivity index (χ3n) is 10.2. The molecular weight excluding hydrogens is 1100 g/mol. The molecule has 0 fully saturated rings. The minimum Gasteiger partial charge on any atom is -0.753 e. The first kappa shape index (κ1) is 52.9. The second kappa shape index (κ2) is 25.0. The molecule has 17 nitrogen and oxygen atoms in total. The van der Waals surface area contributed by atoms with E-state index in [1.165, 1.54) is 89.5 Å². The first-order valence-electron chi connectivity index (χ1n) is 21.4. The summed E-state index contributed by atoms with van der Waals surface area (Å²) in [7, 11) is 0. The van der Waals surface area contributed by atoms with Crippen LogP contribution in [0.3, 0.4) is 0 Å². The molecule has 2 aliphatic heterocycles. The Labute approximate surface area is 438 Å². The molecule has 8 aromatic rings. The van der Waals surface area contributed by atoms with E-state index in [0.29, 0.717) is 90.2 Å². The van der Waals surface area contributed by atoms with Crippen LogP contribution in [0.2, 0.25) is 0 Å².